The molecule has 2 aliphatic rings. The van der Waals surface area contributed by atoms with Gasteiger partial charge < -0.3 is 29.2 Å². The third-order valence-electron chi connectivity index (χ3n) is 8.13. The summed E-state index contributed by atoms with van der Waals surface area (Å²) in [5.74, 6) is -3.25. The molecule has 2 N–H and O–H groups in total. The van der Waals surface area contributed by atoms with Gasteiger partial charge in [0, 0.05) is 16.5 Å². The Bertz CT molecular complexity index is 2040. The van der Waals surface area contributed by atoms with E-state index in [0.29, 0.717) is 38.2 Å². The summed E-state index contributed by atoms with van der Waals surface area (Å²) in [7, 11) is 0. The van der Waals surface area contributed by atoms with E-state index >= 15 is 0 Å². The molecular formula is C36H33N3O10S2. The Kier molecular flexibility index (Phi) is 10.6. The highest BCUT2D eigenvalue weighted by molar-refractivity contribution is 8.00. The van der Waals surface area contributed by atoms with Crippen molar-refractivity contribution in [2.45, 2.75) is 37.0 Å². The second-order valence-corrected chi connectivity index (χ2v) is 13.5. The molecule has 0 aliphatic carbocycles. The minimum Gasteiger partial charge on any atom is -0.490 e. The molecule has 3 amide bonds. The van der Waals surface area contributed by atoms with Crippen molar-refractivity contribution in [3.05, 3.63) is 98.0 Å². The van der Waals surface area contributed by atoms with Crippen LogP contribution in [0.5, 0.6) is 11.5 Å². The monoisotopic (exact) mass is 731 g/mol. The fourth-order valence-corrected chi connectivity index (χ4v) is 8.46. The van der Waals surface area contributed by atoms with Crippen LogP contribution in [0, 0.1) is 5.92 Å². The van der Waals surface area contributed by atoms with Gasteiger partial charge in [0.15, 0.2) is 18.1 Å². The smallest absolute Gasteiger partial charge is 0.338 e. The van der Waals surface area contributed by atoms with Crippen molar-refractivity contribution in [2.75, 3.05) is 36.6 Å². The molecule has 15 heteroatoms. The van der Waals surface area contributed by atoms with Gasteiger partial charge in [0.05, 0.1) is 47.6 Å². The normalized spacial score (nSPS) is 17.7. The summed E-state index contributed by atoms with van der Waals surface area (Å²) in [6.45, 7) is 5.57. The molecule has 4 aromatic rings. The molecule has 0 bridgehead atoms. The zero-order chi connectivity index (χ0) is 36.2. The molecule has 3 aromatic carbocycles. The third-order valence-corrected chi connectivity index (χ3v) is 10.5. The summed E-state index contributed by atoms with van der Waals surface area (Å²) < 4.78 is 21.8. The number of fused-ring (bicyclic) bond motifs is 2. The van der Waals surface area contributed by atoms with E-state index in [1.165, 1.54) is 24.3 Å². The number of thioether (sulfide) groups is 1. The standard InChI is InChI=1S/C36H33N3O10S2/c1-4-46-25-17-21(11-16-24(25)49-18-26(40)37-22-12-7-19(8-13-22)34(43)47-5-2)27-28-30(50-31-29(27)51-36(45)38-31)33(42)39(32(28)41)23-14-9-20(10-15-23)35(44)48-6-3/h7-17,27-28,30H,4-6,18H2,1-3H3,(H,37,40)(H,38,45)/t27-,28?,30?/m1/s1. The number of rotatable bonds is 12. The van der Waals surface area contributed by atoms with Crippen molar-refractivity contribution in [3.63, 3.8) is 0 Å². The molecule has 1 fully saturated rings. The first-order valence-electron chi connectivity index (χ1n) is 16.1. The third kappa shape index (κ3) is 7.25. The van der Waals surface area contributed by atoms with Crippen molar-refractivity contribution < 1.29 is 42.9 Å². The minimum absolute atomic E-state index is 0.209. The number of ether oxygens (including phenoxy) is 4. The number of nitrogens with one attached hydrogen (secondary N) is 2. The largest absolute Gasteiger partial charge is 0.490 e. The Morgan fingerprint density at radius 2 is 1.43 bits per heavy atom. The highest BCUT2D eigenvalue weighted by Crippen LogP contribution is 2.53. The van der Waals surface area contributed by atoms with Crippen LogP contribution in [0.15, 0.2) is 76.6 Å². The van der Waals surface area contributed by atoms with Crippen LogP contribution < -0.4 is 24.6 Å². The van der Waals surface area contributed by atoms with Gasteiger partial charge in [0.2, 0.25) is 11.8 Å². The number of carbonyl (C=O) groups is 5. The van der Waals surface area contributed by atoms with Crippen LogP contribution in [0.3, 0.4) is 0 Å². The second kappa shape index (κ2) is 15.2. The summed E-state index contributed by atoms with van der Waals surface area (Å²) in [6, 6.07) is 17.4. The van der Waals surface area contributed by atoms with Gasteiger partial charge in [-0.25, -0.2) is 14.5 Å². The lowest BCUT2D eigenvalue weighted by molar-refractivity contribution is -0.122. The van der Waals surface area contributed by atoms with Crippen LogP contribution in [-0.4, -0.2) is 66.3 Å². The molecule has 0 radical (unpaired) electrons. The quantitative estimate of drug-likeness (QED) is 0.149. The SMILES string of the molecule is CCOC(=O)c1ccc(NC(=O)COc2ccc([C@H]3c4sc(=O)[nH]c4SC4C(=O)N(c5ccc(C(=O)OCC)cc5)C(=O)C43)cc2OCC)cc1. The summed E-state index contributed by atoms with van der Waals surface area (Å²) in [4.78, 5) is 81.6. The summed E-state index contributed by atoms with van der Waals surface area (Å²) in [5.41, 5.74) is 2.04. The van der Waals surface area contributed by atoms with E-state index in [2.05, 4.69) is 10.3 Å². The molecule has 3 atom stereocenters. The summed E-state index contributed by atoms with van der Waals surface area (Å²) in [6.07, 6.45) is 0. The topological polar surface area (TPSA) is 170 Å². The van der Waals surface area contributed by atoms with Crippen LogP contribution in [0.4, 0.5) is 11.4 Å². The first-order chi connectivity index (χ1) is 24.6. The molecule has 6 rings (SSSR count). The molecule has 51 heavy (non-hydrogen) atoms. The van der Waals surface area contributed by atoms with Gasteiger partial charge in [-0.15, -0.1) is 0 Å². The Morgan fingerprint density at radius 3 is 2.06 bits per heavy atom. The van der Waals surface area contributed by atoms with Crippen molar-refractivity contribution in [3.8, 4) is 11.5 Å². The Hall–Kier alpha value is -5.41. The zero-order valence-electron chi connectivity index (χ0n) is 27.8. The molecule has 13 nitrogen and oxygen atoms in total. The number of H-pyrrole nitrogens is 1. The Morgan fingerprint density at radius 1 is 0.784 bits per heavy atom. The van der Waals surface area contributed by atoms with E-state index < -0.39 is 46.7 Å². The zero-order valence-corrected chi connectivity index (χ0v) is 29.4. The maximum absolute atomic E-state index is 14.2. The molecule has 2 aliphatic heterocycles. The van der Waals surface area contributed by atoms with Crippen LogP contribution in [0.1, 0.15) is 57.8 Å². The lowest BCUT2D eigenvalue weighted by Crippen LogP contribution is -2.32. The Labute approximate surface area is 300 Å². The molecular weight excluding hydrogens is 699 g/mol. The maximum Gasteiger partial charge on any atom is 0.338 e. The number of nitrogens with zero attached hydrogens (tertiary/aromatic N) is 1. The lowest BCUT2D eigenvalue weighted by Gasteiger charge is -2.30. The van der Waals surface area contributed by atoms with Crippen molar-refractivity contribution >= 4 is 64.1 Å². The maximum atomic E-state index is 14.2. The number of carbonyl (C=O) groups excluding carboxylic acids is 5. The number of thiazole rings is 1. The number of aromatic nitrogens is 1. The van der Waals surface area contributed by atoms with Crippen molar-refractivity contribution in [1.82, 2.24) is 4.98 Å². The fraction of sp³-hybridized carbons (Fsp3) is 0.278. The average Bonchev–Trinajstić information content (AvgIpc) is 3.62. The van der Waals surface area contributed by atoms with E-state index in [4.69, 9.17) is 18.9 Å². The number of anilines is 2. The van der Waals surface area contributed by atoms with Gasteiger partial charge in [-0.05, 0) is 87.0 Å². The van der Waals surface area contributed by atoms with Gasteiger partial charge in [-0.2, -0.15) is 0 Å². The van der Waals surface area contributed by atoms with Gasteiger partial charge in [-0.1, -0.05) is 29.2 Å². The van der Waals surface area contributed by atoms with Crippen molar-refractivity contribution in [2.24, 2.45) is 5.92 Å². The second-order valence-electron chi connectivity index (χ2n) is 11.3. The molecule has 1 saturated heterocycles. The van der Waals surface area contributed by atoms with Gasteiger partial charge >= 0.3 is 16.8 Å². The van der Waals surface area contributed by atoms with Crippen LogP contribution >= 0.6 is 23.1 Å². The number of hydrogen-bond donors (Lipinski definition) is 2. The molecule has 1 aromatic heterocycles. The molecule has 3 heterocycles. The number of amides is 3. The molecule has 264 valence electrons. The molecule has 0 spiro atoms. The van der Waals surface area contributed by atoms with E-state index in [1.54, 1.807) is 63.2 Å². The predicted molar refractivity (Wildman–Crippen MR) is 189 cm³/mol. The van der Waals surface area contributed by atoms with E-state index in [-0.39, 0.29) is 42.6 Å². The minimum atomic E-state index is -0.853. The van der Waals surface area contributed by atoms with Crippen LogP contribution in [-0.2, 0) is 23.9 Å². The lowest BCUT2D eigenvalue weighted by atomic mass is 9.83. The first-order valence-corrected chi connectivity index (χ1v) is 17.8. The van der Waals surface area contributed by atoms with Crippen LogP contribution in [0.25, 0.3) is 0 Å². The number of benzene rings is 3. The molecule has 0 saturated carbocycles. The highest BCUT2D eigenvalue weighted by atomic mass is 32.2. The van der Waals surface area contributed by atoms with E-state index in [0.717, 1.165) is 28.0 Å². The van der Waals surface area contributed by atoms with E-state index in [1.807, 2.05) is 0 Å². The fourth-order valence-electron chi connectivity index (χ4n) is 5.94. The number of hydrogen-bond acceptors (Lipinski definition) is 12. The van der Waals surface area contributed by atoms with Gasteiger partial charge in [-0.3, -0.25) is 19.2 Å². The summed E-state index contributed by atoms with van der Waals surface area (Å²) >= 11 is 2.13. The number of esters is 2. The van der Waals surface area contributed by atoms with Gasteiger partial charge in [0.25, 0.3) is 5.91 Å². The summed E-state index contributed by atoms with van der Waals surface area (Å²) in [5, 5.41) is 2.40. The van der Waals surface area contributed by atoms with Crippen molar-refractivity contribution in [1.29, 1.82) is 0 Å². The van der Waals surface area contributed by atoms with Gasteiger partial charge in [0.1, 0.15) is 5.25 Å². The highest BCUT2D eigenvalue weighted by Gasteiger charge is 2.56. The first kappa shape index (κ1) is 35.4. The number of imide groups is 1. The van der Waals surface area contributed by atoms with Crippen LogP contribution in [0.2, 0.25) is 0 Å². The van der Waals surface area contributed by atoms with E-state index in [9.17, 15) is 28.8 Å². The molecule has 2 unspecified atom stereocenters. The average molecular weight is 732 g/mol. The Balaban J connectivity index is 1.24. The number of aromatic amines is 1. The predicted octanol–water partition coefficient (Wildman–Crippen LogP) is 5.00.